The maximum Gasteiger partial charge on any atom is 0.416 e. The van der Waals surface area contributed by atoms with E-state index in [1.165, 1.54) is 29.2 Å². The average Bonchev–Trinajstić information content (AvgIpc) is 2.73. The van der Waals surface area contributed by atoms with Crippen molar-refractivity contribution in [2.75, 3.05) is 26.2 Å². The minimum atomic E-state index is -4.58. The molecule has 168 valence electrons. The Bertz CT molecular complexity index is 1030. The van der Waals surface area contributed by atoms with Gasteiger partial charge in [0.15, 0.2) is 0 Å². The normalized spacial score (nSPS) is 15.9. The molecule has 1 amide bonds. The van der Waals surface area contributed by atoms with Crippen LogP contribution < -0.4 is 4.74 Å². The molecule has 1 heterocycles. The molecule has 2 aromatic carbocycles. The van der Waals surface area contributed by atoms with Gasteiger partial charge in [-0.1, -0.05) is 12.1 Å². The van der Waals surface area contributed by atoms with Crippen molar-refractivity contribution in [3.63, 3.8) is 0 Å². The number of piperazine rings is 1. The minimum Gasteiger partial charge on any atom is -0.434 e. The van der Waals surface area contributed by atoms with E-state index in [2.05, 4.69) is 4.74 Å². The Morgan fingerprint density at radius 1 is 0.935 bits per heavy atom. The van der Waals surface area contributed by atoms with Gasteiger partial charge in [-0.3, -0.25) is 4.79 Å². The van der Waals surface area contributed by atoms with Crippen molar-refractivity contribution in [1.82, 2.24) is 9.21 Å². The number of benzene rings is 2. The van der Waals surface area contributed by atoms with Gasteiger partial charge >= 0.3 is 12.8 Å². The maximum atomic E-state index is 12.7. The third-order valence-corrected chi connectivity index (χ3v) is 6.59. The van der Waals surface area contributed by atoms with E-state index in [9.17, 15) is 35.2 Å². The van der Waals surface area contributed by atoms with Crippen LogP contribution in [0.5, 0.6) is 5.75 Å². The lowest BCUT2D eigenvalue weighted by Gasteiger charge is -2.34. The third-order valence-electron chi connectivity index (χ3n) is 4.68. The molecule has 1 aliphatic heterocycles. The van der Waals surface area contributed by atoms with Crippen molar-refractivity contribution in [3.8, 4) is 5.75 Å². The monoisotopic (exact) mass is 464 g/mol. The quantitative estimate of drug-likeness (QED) is 0.636. The van der Waals surface area contributed by atoms with E-state index < -0.39 is 34.3 Å². The summed E-state index contributed by atoms with van der Waals surface area (Å²) >= 11 is 0. The molecule has 0 radical (unpaired) electrons. The summed E-state index contributed by atoms with van der Waals surface area (Å²) in [6.07, 6.45) is -4.58. The highest BCUT2D eigenvalue weighted by molar-refractivity contribution is 7.89. The van der Waals surface area contributed by atoms with Crippen molar-refractivity contribution >= 4 is 15.9 Å². The molecule has 0 aromatic heterocycles. The van der Waals surface area contributed by atoms with Gasteiger partial charge in [0.25, 0.3) is 5.91 Å². The SMILES string of the molecule is O=C(c1ccccc1OC(F)F)N1CCN(S(=O)(=O)c2ccc(C(F)(F)F)cc2)CC1. The second-order valence-corrected chi connectivity index (χ2v) is 8.53. The lowest BCUT2D eigenvalue weighted by atomic mass is 10.1. The molecule has 0 spiro atoms. The van der Waals surface area contributed by atoms with Crippen molar-refractivity contribution in [2.24, 2.45) is 0 Å². The summed E-state index contributed by atoms with van der Waals surface area (Å²) in [6.45, 7) is -3.37. The van der Waals surface area contributed by atoms with Gasteiger partial charge in [0.05, 0.1) is 16.0 Å². The number of hydrogen-bond donors (Lipinski definition) is 0. The Hall–Kier alpha value is -2.73. The molecule has 2 aromatic rings. The number of nitrogens with zero attached hydrogens (tertiary/aromatic N) is 2. The van der Waals surface area contributed by atoms with Crippen molar-refractivity contribution < 1.29 is 39.9 Å². The van der Waals surface area contributed by atoms with Gasteiger partial charge in [-0.15, -0.1) is 0 Å². The fraction of sp³-hybridized carbons (Fsp3) is 0.316. The number of amides is 1. The number of sulfonamides is 1. The standard InChI is InChI=1S/C19H17F5N2O4S/c20-18(21)30-16-4-2-1-3-15(16)17(27)25-9-11-26(12-10-25)31(28,29)14-7-5-13(6-8-14)19(22,23)24/h1-8,18H,9-12H2. The van der Waals surface area contributed by atoms with Crippen LogP contribution in [-0.2, 0) is 16.2 Å². The summed E-state index contributed by atoms with van der Waals surface area (Å²) in [7, 11) is -4.06. The lowest BCUT2D eigenvalue weighted by Crippen LogP contribution is -2.50. The molecule has 31 heavy (non-hydrogen) atoms. The van der Waals surface area contributed by atoms with Crippen LogP contribution in [0.1, 0.15) is 15.9 Å². The van der Waals surface area contributed by atoms with Crippen LogP contribution in [0.25, 0.3) is 0 Å². The van der Waals surface area contributed by atoms with Crippen LogP contribution in [0.3, 0.4) is 0 Å². The highest BCUT2D eigenvalue weighted by Crippen LogP contribution is 2.30. The second kappa shape index (κ2) is 8.79. The number of ether oxygens (including phenoxy) is 1. The molecule has 1 saturated heterocycles. The fourth-order valence-corrected chi connectivity index (χ4v) is 4.53. The first-order valence-electron chi connectivity index (χ1n) is 9.00. The first-order chi connectivity index (χ1) is 14.5. The zero-order valence-electron chi connectivity index (χ0n) is 15.9. The van der Waals surface area contributed by atoms with Gasteiger partial charge in [0.2, 0.25) is 10.0 Å². The first-order valence-corrected chi connectivity index (χ1v) is 10.4. The van der Waals surface area contributed by atoms with E-state index in [0.717, 1.165) is 16.4 Å². The fourth-order valence-electron chi connectivity index (χ4n) is 3.11. The average molecular weight is 464 g/mol. The molecule has 0 unspecified atom stereocenters. The van der Waals surface area contributed by atoms with Crippen molar-refractivity contribution in [2.45, 2.75) is 17.7 Å². The van der Waals surface area contributed by atoms with Gasteiger partial charge in [-0.25, -0.2) is 8.42 Å². The molecular formula is C19H17F5N2O4S. The van der Waals surface area contributed by atoms with Crippen LogP contribution in [0.15, 0.2) is 53.4 Å². The van der Waals surface area contributed by atoms with E-state index >= 15 is 0 Å². The molecule has 0 atom stereocenters. The highest BCUT2D eigenvalue weighted by atomic mass is 32.2. The summed E-state index contributed by atoms with van der Waals surface area (Å²) in [4.78, 5) is 13.7. The maximum absolute atomic E-state index is 12.7. The van der Waals surface area contributed by atoms with Crippen LogP contribution >= 0.6 is 0 Å². The topological polar surface area (TPSA) is 66.9 Å². The number of carbonyl (C=O) groups is 1. The molecule has 3 rings (SSSR count). The van der Waals surface area contributed by atoms with Crippen LogP contribution in [0, 0.1) is 0 Å². The van der Waals surface area contributed by atoms with Gasteiger partial charge in [0.1, 0.15) is 5.75 Å². The number of rotatable bonds is 5. The molecule has 6 nitrogen and oxygen atoms in total. The van der Waals surface area contributed by atoms with E-state index in [4.69, 9.17) is 0 Å². The largest absolute Gasteiger partial charge is 0.434 e. The Labute approximate surface area is 174 Å². The summed E-state index contributed by atoms with van der Waals surface area (Å²) in [5.74, 6) is -0.884. The van der Waals surface area contributed by atoms with Gasteiger partial charge in [-0.2, -0.15) is 26.3 Å². The Morgan fingerprint density at radius 3 is 2.06 bits per heavy atom. The van der Waals surface area contributed by atoms with Crippen molar-refractivity contribution in [3.05, 3.63) is 59.7 Å². The molecule has 0 bridgehead atoms. The summed E-state index contributed by atoms with van der Waals surface area (Å²) in [6, 6.07) is 8.61. The lowest BCUT2D eigenvalue weighted by molar-refractivity contribution is -0.137. The van der Waals surface area contributed by atoms with Crippen LogP contribution in [-0.4, -0.2) is 56.3 Å². The second-order valence-electron chi connectivity index (χ2n) is 6.59. The summed E-state index contributed by atoms with van der Waals surface area (Å²) in [5.41, 5.74) is -1.05. The van der Waals surface area contributed by atoms with Crippen LogP contribution in [0.4, 0.5) is 22.0 Å². The number of carbonyl (C=O) groups excluding carboxylic acids is 1. The number of alkyl halides is 5. The molecule has 12 heteroatoms. The Kier molecular flexibility index (Phi) is 6.51. The minimum absolute atomic E-state index is 0.0261. The van der Waals surface area contributed by atoms with Gasteiger partial charge in [-0.05, 0) is 36.4 Å². The van der Waals surface area contributed by atoms with E-state index in [0.29, 0.717) is 12.1 Å². The zero-order valence-corrected chi connectivity index (χ0v) is 16.7. The van der Waals surface area contributed by atoms with E-state index in [-0.39, 0.29) is 42.4 Å². The highest BCUT2D eigenvalue weighted by Gasteiger charge is 2.33. The summed E-state index contributed by atoms with van der Waals surface area (Å²) < 4.78 is 94.0. The van der Waals surface area contributed by atoms with Crippen LogP contribution in [0.2, 0.25) is 0 Å². The Balaban J connectivity index is 1.70. The smallest absolute Gasteiger partial charge is 0.416 e. The van der Waals surface area contributed by atoms with E-state index in [1.807, 2.05) is 0 Å². The third kappa shape index (κ3) is 5.13. The number of halogens is 5. The molecule has 0 N–H and O–H groups in total. The molecule has 1 fully saturated rings. The first kappa shape index (κ1) is 22.9. The predicted molar refractivity (Wildman–Crippen MR) is 99.2 cm³/mol. The van der Waals surface area contributed by atoms with Gasteiger partial charge < -0.3 is 9.64 Å². The molecule has 0 saturated carbocycles. The summed E-state index contributed by atoms with van der Waals surface area (Å²) in [5, 5.41) is 0. The molecule has 0 aliphatic carbocycles. The zero-order chi connectivity index (χ0) is 22.8. The Morgan fingerprint density at radius 2 is 1.52 bits per heavy atom. The van der Waals surface area contributed by atoms with Gasteiger partial charge in [0, 0.05) is 26.2 Å². The van der Waals surface area contributed by atoms with Crippen molar-refractivity contribution in [1.29, 1.82) is 0 Å². The number of hydrogen-bond acceptors (Lipinski definition) is 4. The predicted octanol–water partition coefficient (Wildman–Crippen LogP) is 3.45. The number of para-hydroxylation sites is 1. The molecule has 1 aliphatic rings. The molecular weight excluding hydrogens is 447 g/mol. The van der Waals surface area contributed by atoms with E-state index in [1.54, 1.807) is 0 Å².